The minimum Gasteiger partial charge on any atom is -0.360 e. The zero-order valence-electron chi connectivity index (χ0n) is 5.58. The van der Waals surface area contributed by atoms with Gasteiger partial charge in [-0.1, -0.05) is 11.6 Å². The van der Waals surface area contributed by atoms with Gasteiger partial charge in [0.1, 0.15) is 0 Å². The monoisotopic (exact) mass is 187 g/mol. The molecular weight excluding hydrogens is 182 g/mol. The van der Waals surface area contributed by atoms with Gasteiger partial charge >= 0.3 is 0 Å². The second kappa shape index (κ2) is 3.64. The van der Waals surface area contributed by atoms with Crippen molar-refractivity contribution in [3.8, 4) is 0 Å². The van der Waals surface area contributed by atoms with E-state index in [9.17, 15) is 4.79 Å². The van der Waals surface area contributed by atoms with Crippen LogP contribution in [0, 0.1) is 0 Å². The van der Waals surface area contributed by atoms with Gasteiger partial charge in [-0.25, -0.2) is 0 Å². The number of thioether (sulfide) groups is 1. The molecule has 4 heteroatoms. The molecule has 0 bridgehead atoms. The molecule has 1 rings (SSSR count). The van der Waals surface area contributed by atoms with E-state index in [1.807, 2.05) is 0 Å². The molecule has 1 aromatic carbocycles. The highest BCUT2D eigenvalue weighted by Crippen LogP contribution is 2.19. The number of primary amides is 1. The van der Waals surface area contributed by atoms with Crippen molar-refractivity contribution in [2.45, 2.75) is 4.90 Å². The first-order chi connectivity index (χ1) is 5.18. The molecule has 0 aliphatic heterocycles. The van der Waals surface area contributed by atoms with Crippen LogP contribution in [0.25, 0.3) is 0 Å². The average molecular weight is 188 g/mol. The summed E-state index contributed by atoms with van der Waals surface area (Å²) >= 11 is 6.61. The molecule has 0 heterocycles. The van der Waals surface area contributed by atoms with Gasteiger partial charge in [0.15, 0.2) is 0 Å². The van der Waals surface area contributed by atoms with Crippen LogP contribution in [0.2, 0.25) is 5.02 Å². The van der Waals surface area contributed by atoms with Crippen LogP contribution >= 0.6 is 23.4 Å². The topological polar surface area (TPSA) is 43.1 Å². The van der Waals surface area contributed by atoms with Crippen molar-refractivity contribution in [2.24, 2.45) is 5.73 Å². The van der Waals surface area contributed by atoms with Crippen LogP contribution in [0.4, 0.5) is 4.79 Å². The van der Waals surface area contributed by atoms with E-state index in [1.165, 1.54) is 0 Å². The molecule has 0 atom stereocenters. The predicted octanol–water partition coefficient (Wildman–Crippen LogP) is 2.51. The first-order valence-electron chi connectivity index (χ1n) is 2.91. The molecule has 0 aliphatic carbocycles. The number of carbonyl (C=O) groups excluding carboxylic acids is 1. The number of hydrogen-bond acceptors (Lipinski definition) is 2. The lowest BCUT2D eigenvalue weighted by Gasteiger charge is -1.94. The molecule has 0 aliphatic rings. The minimum atomic E-state index is -0.410. The molecule has 2 nitrogen and oxygen atoms in total. The minimum absolute atomic E-state index is 0.410. The number of hydrogen-bond donors (Lipinski definition) is 1. The summed E-state index contributed by atoms with van der Waals surface area (Å²) in [5.74, 6) is 0. The van der Waals surface area contributed by atoms with E-state index in [0.29, 0.717) is 5.02 Å². The van der Waals surface area contributed by atoms with E-state index in [0.717, 1.165) is 16.7 Å². The van der Waals surface area contributed by atoms with E-state index in [2.05, 4.69) is 0 Å². The zero-order valence-corrected chi connectivity index (χ0v) is 7.15. The summed E-state index contributed by atoms with van der Waals surface area (Å²) in [7, 11) is 0. The van der Waals surface area contributed by atoms with E-state index in [4.69, 9.17) is 17.3 Å². The van der Waals surface area contributed by atoms with Crippen LogP contribution in [0.1, 0.15) is 0 Å². The summed E-state index contributed by atoms with van der Waals surface area (Å²) in [5, 5.41) is 0.242. The Balaban J connectivity index is 2.74. The van der Waals surface area contributed by atoms with Crippen LogP contribution in [0.5, 0.6) is 0 Å². The molecule has 0 saturated carbocycles. The Labute approximate surface area is 73.7 Å². The Kier molecular flexibility index (Phi) is 2.79. The van der Waals surface area contributed by atoms with Gasteiger partial charge in [-0.2, -0.15) is 0 Å². The van der Waals surface area contributed by atoms with Crippen molar-refractivity contribution in [3.63, 3.8) is 0 Å². The highest BCUT2D eigenvalue weighted by molar-refractivity contribution is 8.13. The molecule has 0 unspecified atom stereocenters. The van der Waals surface area contributed by atoms with E-state index < -0.39 is 5.24 Å². The van der Waals surface area contributed by atoms with Gasteiger partial charge in [0.25, 0.3) is 5.24 Å². The quantitative estimate of drug-likeness (QED) is 0.687. The largest absolute Gasteiger partial charge is 0.360 e. The Morgan fingerprint density at radius 1 is 1.36 bits per heavy atom. The molecule has 0 aromatic heterocycles. The lowest BCUT2D eigenvalue weighted by Crippen LogP contribution is -2.01. The highest BCUT2D eigenvalue weighted by Gasteiger charge is 1.97. The fourth-order valence-electron chi connectivity index (χ4n) is 0.619. The molecule has 1 amide bonds. The third-order valence-electron chi connectivity index (χ3n) is 1.03. The normalized spacial score (nSPS) is 9.55. The van der Waals surface area contributed by atoms with Crippen LogP contribution in [-0.2, 0) is 0 Å². The lowest BCUT2D eigenvalue weighted by atomic mass is 10.4. The number of rotatable bonds is 1. The van der Waals surface area contributed by atoms with Gasteiger partial charge in [-0.05, 0) is 36.0 Å². The van der Waals surface area contributed by atoms with E-state index in [1.54, 1.807) is 24.3 Å². The van der Waals surface area contributed by atoms with Gasteiger partial charge in [0, 0.05) is 9.92 Å². The number of halogens is 1. The van der Waals surface area contributed by atoms with Gasteiger partial charge in [0.2, 0.25) is 0 Å². The number of benzene rings is 1. The van der Waals surface area contributed by atoms with E-state index >= 15 is 0 Å². The molecule has 2 N–H and O–H groups in total. The van der Waals surface area contributed by atoms with Crippen LogP contribution in [-0.4, -0.2) is 5.24 Å². The van der Waals surface area contributed by atoms with Crippen LogP contribution in [0.3, 0.4) is 0 Å². The second-order valence-electron chi connectivity index (χ2n) is 1.88. The predicted molar refractivity (Wildman–Crippen MR) is 46.9 cm³/mol. The Hall–Kier alpha value is -0.670. The van der Waals surface area contributed by atoms with Crippen LogP contribution < -0.4 is 5.73 Å². The highest BCUT2D eigenvalue weighted by atomic mass is 35.5. The molecule has 0 radical (unpaired) electrons. The lowest BCUT2D eigenvalue weighted by molar-refractivity contribution is 0.267. The second-order valence-corrected chi connectivity index (χ2v) is 3.39. The van der Waals surface area contributed by atoms with Gasteiger partial charge in [0.05, 0.1) is 0 Å². The summed E-state index contributed by atoms with van der Waals surface area (Å²) < 4.78 is 0. The Morgan fingerprint density at radius 3 is 2.36 bits per heavy atom. The molecule has 0 fully saturated rings. The third kappa shape index (κ3) is 2.82. The molecule has 0 spiro atoms. The van der Waals surface area contributed by atoms with Gasteiger partial charge in [-0.3, -0.25) is 4.79 Å². The standard InChI is InChI=1S/C7H6ClNOS/c8-5-1-3-6(4-2-5)11-7(9)10/h1-4H,(H2,9,10). The Bertz CT molecular complexity index is 260. The van der Waals surface area contributed by atoms with Crippen molar-refractivity contribution >= 4 is 28.6 Å². The van der Waals surface area contributed by atoms with Crippen molar-refractivity contribution in [1.29, 1.82) is 0 Å². The van der Waals surface area contributed by atoms with Crippen molar-refractivity contribution in [1.82, 2.24) is 0 Å². The molecule has 58 valence electrons. The fourth-order valence-corrected chi connectivity index (χ4v) is 1.25. The zero-order chi connectivity index (χ0) is 8.27. The number of nitrogens with two attached hydrogens (primary N) is 1. The summed E-state index contributed by atoms with van der Waals surface area (Å²) in [5.41, 5.74) is 4.95. The van der Waals surface area contributed by atoms with E-state index in [-0.39, 0.29) is 0 Å². The maximum atomic E-state index is 10.4. The molecular formula is C7H6ClNOS. The molecule has 11 heavy (non-hydrogen) atoms. The maximum absolute atomic E-state index is 10.4. The summed E-state index contributed by atoms with van der Waals surface area (Å²) in [4.78, 5) is 11.2. The van der Waals surface area contributed by atoms with Crippen molar-refractivity contribution in [2.75, 3.05) is 0 Å². The number of carbonyl (C=O) groups is 1. The first-order valence-corrected chi connectivity index (χ1v) is 4.11. The summed E-state index contributed by atoms with van der Waals surface area (Å²) in [6.07, 6.45) is 0. The maximum Gasteiger partial charge on any atom is 0.281 e. The average Bonchev–Trinajstić information content (AvgIpc) is 1.93. The SMILES string of the molecule is NC(=O)Sc1ccc(Cl)cc1. The van der Waals surface area contributed by atoms with Crippen molar-refractivity contribution in [3.05, 3.63) is 29.3 Å². The summed E-state index contributed by atoms with van der Waals surface area (Å²) in [6, 6.07) is 6.93. The Morgan fingerprint density at radius 2 is 1.91 bits per heavy atom. The van der Waals surface area contributed by atoms with Crippen molar-refractivity contribution < 1.29 is 4.79 Å². The number of amides is 1. The molecule has 0 saturated heterocycles. The first kappa shape index (κ1) is 8.43. The fraction of sp³-hybridized carbons (Fsp3) is 0. The summed E-state index contributed by atoms with van der Waals surface area (Å²) in [6.45, 7) is 0. The van der Waals surface area contributed by atoms with Gasteiger partial charge in [-0.15, -0.1) is 0 Å². The smallest absolute Gasteiger partial charge is 0.281 e. The third-order valence-corrected chi connectivity index (χ3v) is 1.99. The molecule has 1 aromatic rings. The van der Waals surface area contributed by atoms with Crippen LogP contribution in [0.15, 0.2) is 29.2 Å². The van der Waals surface area contributed by atoms with Gasteiger partial charge < -0.3 is 5.73 Å².